The van der Waals surface area contributed by atoms with Crippen LogP contribution in [0.3, 0.4) is 0 Å². The fraction of sp³-hybridized carbons (Fsp3) is 0.625. The van der Waals surface area contributed by atoms with E-state index in [0.29, 0.717) is 11.4 Å². The van der Waals surface area contributed by atoms with Crippen LogP contribution in [-0.2, 0) is 17.9 Å². The van der Waals surface area contributed by atoms with Gasteiger partial charge >= 0.3 is 0 Å². The first-order valence-corrected chi connectivity index (χ1v) is 8.24. The molecule has 0 radical (unpaired) electrons. The number of methoxy groups -OCH3 is 1. The molecular weight excluding hydrogens is 254 g/mol. The van der Waals surface area contributed by atoms with Crippen molar-refractivity contribution in [2.24, 2.45) is 0 Å². The van der Waals surface area contributed by atoms with Crippen molar-refractivity contribution in [2.75, 3.05) is 19.9 Å². The Morgan fingerprint density at radius 1 is 1.11 bits per heavy atom. The monoisotopic (exact) mass is 281 g/mol. The Hall–Kier alpha value is -0.510. The standard InChI is InChI=1S/C16H27NOS/c1-5-16(6-2,19-4)13-17-11-14-7-9-15(10-8-14)12-18-3/h7-10,17H,5-6,11-13H2,1-4H3. The van der Waals surface area contributed by atoms with Gasteiger partial charge in [-0.05, 0) is 30.2 Å². The number of thioether (sulfide) groups is 1. The Bertz CT molecular complexity index is 338. The smallest absolute Gasteiger partial charge is 0.0713 e. The molecule has 1 aromatic carbocycles. The lowest BCUT2D eigenvalue weighted by Gasteiger charge is -2.30. The molecule has 1 N–H and O–H groups in total. The number of rotatable bonds is 9. The first-order valence-electron chi connectivity index (χ1n) is 7.02. The highest BCUT2D eigenvalue weighted by molar-refractivity contribution is 8.00. The topological polar surface area (TPSA) is 21.3 Å². The summed E-state index contributed by atoms with van der Waals surface area (Å²) in [5.41, 5.74) is 2.56. The summed E-state index contributed by atoms with van der Waals surface area (Å²) in [5.74, 6) is 0. The molecule has 1 aromatic rings. The van der Waals surface area contributed by atoms with E-state index in [2.05, 4.69) is 49.7 Å². The van der Waals surface area contributed by atoms with Gasteiger partial charge in [0.1, 0.15) is 0 Å². The zero-order valence-corrected chi connectivity index (χ0v) is 13.5. The van der Waals surface area contributed by atoms with Crippen LogP contribution in [0.1, 0.15) is 37.8 Å². The van der Waals surface area contributed by atoms with Crippen molar-refractivity contribution in [3.8, 4) is 0 Å². The van der Waals surface area contributed by atoms with Crippen LogP contribution in [0.2, 0.25) is 0 Å². The Balaban J connectivity index is 2.44. The van der Waals surface area contributed by atoms with Crippen molar-refractivity contribution in [1.29, 1.82) is 0 Å². The number of benzene rings is 1. The third-order valence-electron chi connectivity index (χ3n) is 3.83. The van der Waals surface area contributed by atoms with Gasteiger partial charge in [0.2, 0.25) is 0 Å². The highest BCUT2D eigenvalue weighted by Gasteiger charge is 2.23. The van der Waals surface area contributed by atoms with Crippen molar-refractivity contribution < 1.29 is 4.74 Å². The summed E-state index contributed by atoms with van der Waals surface area (Å²) < 4.78 is 5.50. The second kappa shape index (κ2) is 8.62. The van der Waals surface area contributed by atoms with Gasteiger partial charge in [0.25, 0.3) is 0 Å². The predicted molar refractivity (Wildman–Crippen MR) is 85.7 cm³/mol. The maximum Gasteiger partial charge on any atom is 0.0713 e. The van der Waals surface area contributed by atoms with Gasteiger partial charge in [-0.3, -0.25) is 0 Å². The fourth-order valence-electron chi connectivity index (χ4n) is 2.22. The van der Waals surface area contributed by atoms with E-state index in [1.807, 2.05) is 11.8 Å². The summed E-state index contributed by atoms with van der Waals surface area (Å²) in [4.78, 5) is 0. The third kappa shape index (κ3) is 5.17. The maximum absolute atomic E-state index is 5.12. The average molecular weight is 281 g/mol. The summed E-state index contributed by atoms with van der Waals surface area (Å²) in [6.07, 6.45) is 4.64. The molecule has 0 saturated carbocycles. The Morgan fingerprint density at radius 3 is 2.16 bits per heavy atom. The predicted octanol–water partition coefficient (Wildman–Crippen LogP) is 3.84. The highest BCUT2D eigenvalue weighted by atomic mass is 32.2. The van der Waals surface area contributed by atoms with Crippen LogP contribution in [0.15, 0.2) is 24.3 Å². The van der Waals surface area contributed by atoms with Crippen molar-refractivity contribution >= 4 is 11.8 Å². The van der Waals surface area contributed by atoms with Crippen LogP contribution >= 0.6 is 11.8 Å². The molecule has 3 heteroatoms. The van der Waals surface area contributed by atoms with Crippen LogP contribution in [0.25, 0.3) is 0 Å². The molecule has 19 heavy (non-hydrogen) atoms. The van der Waals surface area contributed by atoms with E-state index in [-0.39, 0.29) is 0 Å². The Kier molecular flexibility index (Phi) is 7.51. The van der Waals surface area contributed by atoms with Gasteiger partial charge in [-0.2, -0.15) is 11.8 Å². The molecule has 0 amide bonds. The SMILES string of the molecule is CCC(CC)(CNCc1ccc(COC)cc1)SC. The van der Waals surface area contributed by atoms with Gasteiger partial charge in [0, 0.05) is 24.9 Å². The Morgan fingerprint density at radius 2 is 1.68 bits per heavy atom. The summed E-state index contributed by atoms with van der Waals surface area (Å²) >= 11 is 1.98. The first-order chi connectivity index (χ1) is 9.19. The maximum atomic E-state index is 5.12. The quantitative estimate of drug-likeness (QED) is 0.743. The van der Waals surface area contributed by atoms with Gasteiger partial charge < -0.3 is 10.1 Å². The largest absolute Gasteiger partial charge is 0.380 e. The molecule has 0 fully saturated rings. The first kappa shape index (κ1) is 16.5. The van der Waals surface area contributed by atoms with Crippen molar-refractivity contribution in [3.63, 3.8) is 0 Å². The zero-order valence-electron chi connectivity index (χ0n) is 12.7. The average Bonchev–Trinajstić information content (AvgIpc) is 2.46. The molecule has 0 aliphatic rings. The van der Waals surface area contributed by atoms with E-state index < -0.39 is 0 Å². The lowest BCUT2D eigenvalue weighted by Crippen LogP contribution is -2.36. The van der Waals surface area contributed by atoms with Crippen LogP contribution in [0.4, 0.5) is 0 Å². The normalized spacial score (nSPS) is 11.8. The van der Waals surface area contributed by atoms with Crippen LogP contribution in [0, 0.1) is 0 Å². The molecule has 108 valence electrons. The minimum atomic E-state index is 0.385. The molecular formula is C16H27NOS. The van der Waals surface area contributed by atoms with Gasteiger partial charge in [-0.25, -0.2) is 0 Å². The van der Waals surface area contributed by atoms with E-state index in [4.69, 9.17) is 4.74 Å². The zero-order chi connectivity index (χ0) is 14.1. The lowest BCUT2D eigenvalue weighted by atomic mass is 10.0. The second-order valence-electron chi connectivity index (χ2n) is 4.95. The summed E-state index contributed by atoms with van der Waals surface area (Å²) in [6, 6.07) is 8.64. The van der Waals surface area contributed by atoms with Crippen molar-refractivity contribution in [3.05, 3.63) is 35.4 Å². The van der Waals surface area contributed by atoms with Crippen LogP contribution in [-0.4, -0.2) is 24.7 Å². The van der Waals surface area contributed by atoms with Crippen LogP contribution in [0.5, 0.6) is 0 Å². The van der Waals surface area contributed by atoms with E-state index in [1.165, 1.54) is 24.0 Å². The minimum Gasteiger partial charge on any atom is -0.380 e. The number of nitrogens with one attached hydrogen (secondary N) is 1. The molecule has 0 heterocycles. The summed E-state index contributed by atoms with van der Waals surface area (Å²) in [5, 5.41) is 3.59. The molecule has 0 atom stereocenters. The van der Waals surface area contributed by atoms with Crippen molar-refractivity contribution in [2.45, 2.75) is 44.6 Å². The van der Waals surface area contributed by atoms with E-state index in [0.717, 1.165) is 13.1 Å². The molecule has 0 aromatic heterocycles. The number of hydrogen-bond acceptors (Lipinski definition) is 3. The van der Waals surface area contributed by atoms with E-state index in [1.54, 1.807) is 7.11 Å². The van der Waals surface area contributed by atoms with Crippen LogP contribution < -0.4 is 5.32 Å². The fourth-order valence-corrected chi connectivity index (χ4v) is 3.04. The Labute approximate surface area is 122 Å². The second-order valence-corrected chi connectivity index (χ2v) is 6.22. The van der Waals surface area contributed by atoms with E-state index in [9.17, 15) is 0 Å². The molecule has 0 bridgehead atoms. The molecule has 0 saturated heterocycles. The van der Waals surface area contributed by atoms with E-state index >= 15 is 0 Å². The molecule has 0 unspecified atom stereocenters. The number of ether oxygens (including phenoxy) is 1. The minimum absolute atomic E-state index is 0.385. The molecule has 2 nitrogen and oxygen atoms in total. The van der Waals surface area contributed by atoms with Gasteiger partial charge in [0.15, 0.2) is 0 Å². The third-order valence-corrected chi connectivity index (χ3v) is 5.42. The molecule has 1 rings (SSSR count). The molecule has 0 spiro atoms. The van der Waals surface area contributed by atoms with Gasteiger partial charge in [0.05, 0.1) is 6.61 Å². The lowest BCUT2D eigenvalue weighted by molar-refractivity contribution is 0.185. The van der Waals surface area contributed by atoms with Gasteiger partial charge in [-0.1, -0.05) is 38.1 Å². The number of hydrogen-bond donors (Lipinski definition) is 1. The summed E-state index contributed by atoms with van der Waals surface area (Å²) in [7, 11) is 1.73. The van der Waals surface area contributed by atoms with Crippen molar-refractivity contribution in [1.82, 2.24) is 5.32 Å². The molecule has 0 aliphatic heterocycles. The highest BCUT2D eigenvalue weighted by Crippen LogP contribution is 2.29. The molecule has 0 aliphatic carbocycles. The van der Waals surface area contributed by atoms with Gasteiger partial charge in [-0.15, -0.1) is 0 Å². The summed E-state index contributed by atoms with van der Waals surface area (Å²) in [6.45, 7) is 7.26.